The van der Waals surface area contributed by atoms with E-state index >= 15 is 0 Å². The van der Waals surface area contributed by atoms with Crippen molar-refractivity contribution in [1.82, 2.24) is 0 Å². The molecule has 4 rings (SSSR count). The van der Waals surface area contributed by atoms with Crippen LogP contribution in [-0.4, -0.2) is 57.0 Å². The van der Waals surface area contributed by atoms with Crippen LogP contribution in [0.15, 0.2) is 29.3 Å². The molecular weight excluding hydrogens is 446 g/mol. The molecule has 0 spiro atoms. The largest absolute Gasteiger partial charge is 0.372 e. The fraction of sp³-hybridized carbons (Fsp3) is 0.500. The van der Waals surface area contributed by atoms with Crippen LogP contribution in [-0.2, 0) is 9.47 Å². The lowest BCUT2D eigenvalue weighted by atomic mass is 9.95. The molecule has 1 fully saturated rings. The first-order chi connectivity index (χ1) is 16.3. The molecule has 1 atom stereocenters. The fourth-order valence-electron chi connectivity index (χ4n) is 4.95. The van der Waals surface area contributed by atoms with E-state index in [1.165, 1.54) is 16.1 Å². The number of nitrogens with zero attached hydrogens (tertiary/aromatic N) is 3. The van der Waals surface area contributed by atoms with Crippen molar-refractivity contribution >= 4 is 39.4 Å². The average Bonchev–Trinajstić information content (AvgIpc) is 3.05. The Labute approximate surface area is 206 Å². The van der Waals surface area contributed by atoms with E-state index in [4.69, 9.17) is 25.3 Å². The summed E-state index contributed by atoms with van der Waals surface area (Å²) in [6.45, 7) is 9.83. The summed E-state index contributed by atoms with van der Waals surface area (Å²) in [7, 11) is 3.42. The minimum Gasteiger partial charge on any atom is -0.372 e. The monoisotopic (exact) mass is 481 g/mol. The zero-order chi connectivity index (χ0) is 24.6. The average molecular weight is 482 g/mol. The van der Waals surface area contributed by atoms with Gasteiger partial charge in [0.05, 0.1) is 5.71 Å². The molecule has 2 aliphatic heterocycles. The van der Waals surface area contributed by atoms with Crippen LogP contribution < -0.4 is 9.80 Å². The number of aryl methyl sites for hydroxylation is 1. The molecule has 1 aromatic heterocycles. The number of benzene rings is 1. The summed E-state index contributed by atoms with van der Waals surface area (Å²) >= 11 is 1.64. The summed E-state index contributed by atoms with van der Waals surface area (Å²) in [5.41, 5.74) is 5.37. The highest BCUT2D eigenvalue weighted by Crippen LogP contribution is 2.40. The van der Waals surface area contributed by atoms with E-state index in [1.54, 1.807) is 37.4 Å². The summed E-state index contributed by atoms with van der Waals surface area (Å²) in [4.78, 5) is 10.3. The van der Waals surface area contributed by atoms with Gasteiger partial charge in [-0.1, -0.05) is 12.1 Å². The smallest absolute Gasteiger partial charge is 0.159 e. The van der Waals surface area contributed by atoms with Crippen molar-refractivity contribution in [2.75, 3.05) is 37.1 Å². The highest BCUT2D eigenvalue weighted by Gasteiger charge is 2.32. The Morgan fingerprint density at radius 3 is 2.29 bits per heavy atom. The van der Waals surface area contributed by atoms with Crippen LogP contribution in [0.5, 0.6) is 0 Å². The molecular formula is C26H35N5O2S. The van der Waals surface area contributed by atoms with Gasteiger partial charge in [-0.25, -0.2) is 0 Å². The Morgan fingerprint density at radius 2 is 1.74 bits per heavy atom. The number of hydrogen-bond donors (Lipinski definition) is 2. The number of methoxy groups -OCH3 is 2. The first-order valence-corrected chi connectivity index (χ1v) is 12.6. The maximum atomic E-state index is 8.69. The number of amidine groups is 2. The van der Waals surface area contributed by atoms with E-state index in [9.17, 15) is 0 Å². The standard InChI is InChI=1S/C26H35N5O2S/c1-15-17(3)34-25-22(15)23(29-16(2)24(28)31(25)18(4)27)19-7-9-21(10-8-19)30-13-11-20(12-14-30)26(32-5)33-6/h7-10,16,20,26-28H,11-14H2,1-6H3/t16-/m0/s1. The third kappa shape index (κ3) is 4.42. The molecule has 0 unspecified atom stereocenters. The number of hydrogen-bond acceptors (Lipinski definition) is 7. The van der Waals surface area contributed by atoms with E-state index in [2.05, 4.69) is 43.0 Å². The quantitative estimate of drug-likeness (QED) is 0.348. The van der Waals surface area contributed by atoms with Crippen molar-refractivity contribution in [1.29, 1.82) is 10.8 Å². The second kappa shape index (κ2) is 9.98. The summed E-state index contributed by atoms with van der Waals surface area (Å²) in [5, 5.41) is 17.9. The van der Waals surface area contributed by atoms with Gasteiger partial charge in [0.25, 0.3) is 0 Å². The van der Waals surface area contributed by atoms with Crippen LogP contribution in [0.3, 0.4) is 0 Å². The Morgan fingerprint density at radius 1 is 1.12 bits per heavy atom. The van der Waals surface area contributed by atoms with Crippen LogP contribution >= 0.6 is 11.3 Å². The van der Waals surface area contributed by atoms with E-state index in [0.29, 0.717) is 17.6 Å². The predicted molar refractivity (Wildman–Crippen MR) is 142 cm³/mol. The second-order valence-electron chi connectivity index (χ2n) is 9.13. The van der Waals surface area contributed by atoms with Crippen LogP contribution in [0.4, 0.5) is 10.7 Å². The van der Waals surface area contributed by atoms with Crippen molar-refractivity contribution in [2.24, 2.45) is 10.9 Å². The summed E-state index contributed by atoms with van der Waals surface area (Å²) in [6.07, 6.45) is 1.94. The van der Waals surface area contributed by atoms with Crippen LogP contribution in [0, 0.1) is 30.6 Å². The highest BCUT2D eigenvalue weighted by molar-refractivity contribution is 7.17. The van der Waals surface area contributed by atoms with E-state index in [1.807, 2.05) is 6.92 Å². The van der Waals surface area contributed by atoms with Gasteiger partial charge < -0.3 is 14.4 Å². The van der Waals surface area contributed by atoms with Gasteiger partial charge in [0.2, 0.25) is 0 Å². The zero-order valence-corrected chi connectivity index (χ0v) is 21.8. The molecule has 1 saturated heterocycles. The van der Waals surface area contributed by atoms with Crippen LogP contribution in [0.25, 0.3) is 0 Å². The van der Waals surface area contributed by atoms with Crippen LogP contribution in [0.2, 0.25) is 0 Å². The molecule has 2 aromatic rings. The second-order valence-corrected chi connectivity index (χ2v) is 10.3. The molecule has 0 amide bonds. The van der Waals surface area contributed by atoms with Gasteiger partial charge in [-0.05, 0) is 58.2 Å². The molecule has 34 heavy (non-hydrogen) atoms. The number of ether oxygens (including phenoxy) is 2. The Bertz CT molecular complexity index is 1100. The van der Waals surface area contributed by atoms with Crippen molar-refractivity contribution < 1.29 is 9.47 Å². The Hall–Kier alpha value is -2.55. The molecule has 0 bridgehead atoms. The SMILES string of the molecule is COC(OC)C1CCN(c2ccc(C3=N[C@@H](C)C(=N)N(C(C)=N)c4sc(C)c(C)c43)cc2)CC1. The van der Waals surface area contributed by atoms with Crippen molar-refractivity contribution in [2.45, 2.75) is 52.9 Å². The molecule has 2 aliphatic rings. The van der Waals surface area contributed by atoms with E-state index in [-0.39, 0.29) is 12.3 Å². The maximum absolute atomic E-state index is 8.69. The van der Waals surface area contributed by atoms with Gasteiger partial charge in [0.15, 0.2) is 6.29 Å². The van der Waals surface area contributed by atoms with E-state index < -0.39 is 0 Å². The summed E-state index contributed by atoms with van der Waals surface area (Å²) in [5.74, 6) is 1.11. The normalized spacial score (nSPS) is 19.3. The van der Waals surface area contributed by atoms with Crippen molar-refractivity contribution in [3.8, 4) is 0 Å². The number of nitrogens with one attached hydrogen (secondary N) is 2. The van der Waals surface area contributed by atoms with Gasteiger partial charge >= 0.3 is 0 Å². The minimum atomic E-state index is -0.331. The van der Waals surface area contributed by atoms with E-state index in [0.717, 1.165) is 47.8 Å². The molecule has 0 radical (unpaired) electrons. The van der Waals surface area contributed by atoms with Gasteiger partial charge in [-0.3, -0.25) is 20.7 Å². The van der Waals surface area contributed by atoms with Gasteiger partial charge in [0.1, 0.15) is 22.7 Å². The summed E-state index contributed by atoms with van der Waals surface area (Å²) < 4.78 is 10.9. The molecule has 1 aromatic carbocycles. The number of thiophene rings is 1. The first kappa shape index (κ1) is 24.6. The topological polar surface area (TPSA) is 85.0 Å². The molecule has 7 nitrogen and oxygen atoms in total. The Kier molecular flexibility index (Phi) is 7.21. The van der Waals surface area contributed by atoms with Gasteiger partial charge in [0, 0.05) is 54.9 Å². The number of rotatable bonds is 5. The zero-order valence-electron chi connectivity index (χ0n) is 20.9. The first-order valence-electron chi connectivity index (χ1n) is 11.8. The number of fused-ring (bicyclic) bond motifs is 1. The number of aliphatic imine (C=N–C) groups is 1. The molecule has 182 valence electrons. The predicted octanol–water partition coefficient (Wildman–Crippen LogP) is 5.22. The molecule has 8 heteroatoms. The number of anilines is 2. The molecule has 0 aliphatic carbocycles. The minimum absolute atomic E-state index is 0.130. The fourth-order valence-corrected chi connectivity index (χ4v) is 6.18. The highest BCUT2D eigenvalue weighted by atomic mass is 32.1. The third-order valence-corrected chi connectivity index (χ3v) is 8.19. The Balaban J connectivity index is 1.62. The summed E-state index contributed by atoms with van der Waals surface area (Å²) in [6, 6.07) is 8.32. The third-order valence-electron chi connectivity index (χ3n) is 7.00. The molecule has 3 heterocycles. The molecule has 0 saturated carbocycles. The van der Waals surface area contributed by atoms with Crippen LogP contribution in [0.1, 0.15) is 48.3 Å². The van der Waals surface area contributed by atoms with Crippen molar-refractivity contribution in [3.63, 3.8) is 0 Å². The lowest BCUT2D eigenvalue weighted by Crippen LogP contribution is -2.39. The lowest BCUT2D eigenvalue weighted by molar-refractivity contribution is -0.141. The van der Waals surface area contributed by atoms with Crippen molar-refractivity contribution in [3.05, 3.63) is 45.8 Å². The molecule has 2 N–H and O–H groups in total. The van der Waals surface area contributed by atoms with Gasteiger partial charge in [-0.15, -0.1) is 11.3 Å². The number of piperidine rings is 1. The maximum Gasteiger partial charge on any atom is 0.159 e. The lowest BCUT2D eigenvalue weighted by Gasteiger charge is -2.36. The van der Waals surface area contributed by atoms with Gasteiger partial charge in [-0.2, -0.15) is 0 Å².